The predicted octanol–water partition coefficient (Wildman–Crippen LogP) is 2.37. The summed E-state index contributed by atoms with van der Waals surface area (Å²) in [5, 5.41) is 0. The lowest BCUT2D eigenvalue weighted by molar-refractivity contribution is 0.327. The van der Waals surface area contributed by atoms with Crippen LogP contribution in [0.5, 0.6) is 0 Å². The predicted molar refractivity (Wildman–Crippen MR) is 49.7 cm³/mol. The molecule has 1 aliphatic heterocycles. The van der Waals surface area contributed by atoms with Crippen LogP contribution < -0.4 is 0 Å². The van der Waals surface area contributed by atoms with Crippen molar-refractivity contribution in [2.75, 3.05) is 19.6 Å². The third-order valence-corrected chi connectivity index (χ3v) is 2.62. The summed E-state index contributed by atoms with van der Waals surface area (Å²) in [4.78, 5) is 2.56. The second-order valence-corrected chi connectivity index (χ2v) is 4.18. The summed E-state index contributed by atoms with van der Waals surface area (Å²) in [6, 6.07) is 0. The molecule has 1 rings (SSSR count). The molecule has 0 aromatic carbocycles. The van der Waals surface area contributed by atoms with Crippen molar-refractivity contribution in [3.8, 4) is 0 Å². The van der Waals surface area contributed by atoms with Crippen LogP contribution in [0.15, 0.2) is 0 Å². The van der Waals surface area contributed by atoms with E-state index < -0.39 is 0 Å². The van der Waals surface area contributed by atoms with Gasteiger partial charge in [0.1, 0.15) is 0 Å². The summed E-state index contributed by atoms with van der Waals surface area (Å²) >= 11 is 0. The Morgan fingerprint density at radius 1 is 1.45 bits per heavy atom. The van der Waals surface area contributed by atoms with E-state index in [0.717, 1.165) is 11.8 Å². The highest BCUT2D eigenvalue weighted by Gasteiger charge is 2.21. The zero-order valence-corrected chi connectivity index (χ0v) is 8.14. The van der Waals surface area contributed by atoms with E-state index in [-0.39, 0.29) is 0 Å². The zero-order valence-electron chi connectivity index (χ0n) is 8.14. The fourth-order valence-electron chi connectivity index (χ4n) is 2.06. The van der Waals surface area contributed by atoms with E-state index in [4.69, 9.17) is 0 Å². The Bertz CT molecular complexity index is 109. The highest BCUT2D eigenvalue weighted by atomic mass is 15.1. The lowest BCUT2D eigenvalue weighted by atomic mass is 9.97. The molecule has 0 saturated carbocycles. The molecular weight excluding hydrogens is 134 g/mol. The van der Waals surface area contributed by atoms with Crippen molar-refractivity contribution in [3.63, 3.8) is 0 Å². The molecule has 0 radical (unpaired) electrons. The molecule has 0 N–H and O–H groups in total. The first-order valence-electron chi connectivity index (χ1n) is 4.94. The van der Waals surface area contributed by atoms with Gasteiger partial charge in [-0.05, 0) is 37.8 Å². The number of hydrogen-bond donors (Lipinski definition) is 0. The van der Waals surface area contributed by atoms with E-state index in [0.29, 0.717) is 0 Å². The maximum atomic E-state index is 2.56. The van der Waals surface area contributed by atoms with Gasteiger partial charge in [-0.3, -0.25) is 0 Å². The normalized spacial score (nSPS) is 26.7. The van der Waals surface area contributed by atoms with Gasteiger partial charge in [-0.25, -0.2) is 0 Å². The van der Waals surface area contributed by atoms with E-state index in [2.05, 4.69) is 25.7 Å². The van der Waals surface area contributed by atoms with Crippen molar-refractivity contribution < 1.29 is 0 Å². The SMILES string of the molecule is CCN1CCC(CC(C)C)C1. The van der Waals surface area contributed by atoms with Crippen LogP contribution in [0.25, 0.3) is 0 Å². The van der Waals surface area contributed by atoms with Crippen molar-refractivity contribution in [2.24, 2.45) is 11.8 Å². The summed E-state index contributed by atoms with van der Waals surface area (Å²) < 4.78 is 0. The third-order valence-electron chi connectivity index (χ3n) is 2.62. The van der Waals surface area contributed by atoms with Crippen molar-refractivity contribution in [3.05, 3.63) is 0 Å². The van der Waals surface area contributed by atoms with Crippen LogP contribution in [0.3, 0.4) is 0 Å². The van der Waals surface area contributed by atoms with Crippen LogP contribution >= 0.6 is 0 Å². The Kier molecular flexibility index (Phi) is 3.38. The van der Waals surface area contributed by atoms with Gasteiger partial charge in [0.2, 0.25) is 0 Å². The number of rotatable bonds is 3. The van der Waals surface area contributed by atoms with Crippen molar-refractivity contribution in [2.45, 2.75) is 33.6 Å². The smallest absolute Gasteiger partial charge is 0.00101 e. The number of hydrogen-bond acceptors (Lipinski definition) is 1. The minimum Gasteiger partial charge on any atom is -0.303 e. The van der Waals surface area contributed by atoms with Gasteiger partial charge in [0.05, 0.1) is 0 Å². The van der Waals surface area contributed by atoms with Crippen LogP contribution in [-0.4, -0.2) is 24.5 Å². The minimum atomic E-state index is 0.886. The van der Waals surface area contributed by atoms with E-state index in [1.807, 2.05) is 0 Å². The van der Waals surface area contributed by atoms with Crippen LogP contribution in [-0.2, 0) is 0 Å². The van der Waals surface area contributed by atoms with Gasteiger partial charge in [-0.2, -0.15) is 0 Å². The first kappa shape index (κ1) is 9.05. The first-order valence-corrected chi connectivity index (χ1v) is 4.94. The Labute approximate surface area is 70.8 Å². The quantitative estimate of drug-likeness (QED) is 0.605. The van der Waals surface area contributed by atoms with Crippen molar-refractivity contribution in [1.82, 2.24) is 4.90 Å². The topological polar surface area (TPSA) is 3.24 Å². The van der Waals surface area contributed by atoms with Crippen LogP contribution in [0.4, 0.5) is 0 Å². The molecule has 1 fully saturated rings. The molecule has 0 spiro atoms. The Morgan fingerprint density at radius 3 is 2.64 bits per heavy atom. The van der Waals surface area contributed by atoms with Gasteiger partial charge in [0.25, 0.3) is 0 Å². The second-order valence-electron chi connectivity index (χ2n) is 4.18. The summed E-state index contributed by atoms with van der Waals surface area (Å²) in [5.74, 6) is 1.88. The molecule has 66 valence electrons. The van der Waals surface area contributed by atoms with E-state index in [1.54, 1.807) is 0 Å². The van der Waals surface area contributed by atoms with E-state index in [1.165, 1.54) is 32.5 Å². The molecule has 0 aromatic heterocycles. The molecule has 1 saturated heterocycles. The molecule has 0 amide bonds. The lowest BCUT2D eigenvalue weighted by Crippen LogP contribution is -2.20. The largest absolute Gasteiger partial charge is 0.303 e. The van der Waals surface area contributed by atoms with E-state index in [9.17, 15) is 0 Å². The fourth-order valence-corrected chi connectivity index (χ4v) is 2.06. The molecule has 0 aliphatic carbocycles. The van der Waals surface area contributed by atoms with Gasteiger partial charge in [-0.15, -0.1) is 0 Å². The maximum Gasteiger partial charge on any atom is 0.00101 e. The van der Waals surface area contributed by atoms with Gasteiger partial charge >= 0.3 is 0 Å². The van der Waals surface area contributed by atoms with Gasteiger partial charge in [0.15, 0.2) is 0 Å². The first-order chi connectivity index (χ1) is 5.22. The van der Waals surface area contributed by atoms with Gasteiger partial charge < -0.3 is 4.90 Å². The molecule has 1 heteroatoms. The van der Waals surface area contributed by atoms with Crippen LogP contribution in [0.2, 0.25) is 0 Å². The summed E-state index contributed by atoms with van der Waals surface area (Å²) in [5.41, 5.74) is 0. The highest BCUT2D eigenvalue weighted by Crippen LogP contribution is 2.22. The molecule has 1 heterocycles. The fraction of sp³-hybridized carbons (Fsp3) is 1.00. The van der Waals surface area contributed by atoms with Crippen molar-refractivity contribution in [1.29, 1.82) is 0 Å². The summed E-state index contributed by atoms with van der Waals surface area (Å²) in [6.07, 6.45) is 2.86. The molecule has 11 heavy (non-hydrogen) atoms. The van der Waals surface area contributed by atoms with Gasteiger partial charge in [-0.1, -0.05) is 20.8 Å². The Hall–Kier alpha value is -0.0400. The number of likely N-dealkylation sites (tertiary alicyclic amines) is 1. The molecule has 1 unspecified atom stereocenters. The molecular formula is C10H21N. The second kappa shape index (κ2) is 4.10. The summed E-state index contributed by atoms with van der Waals surface area (Å²) in [6.45, 7) is 10.9. The molecule has 1 atom stereocenters. The molecule has 0 aromatic rings. The standard InChI is InChI=1S/C10H21N/c1-4-11-6-5-10(8-11)7-9(2)3/h9-10H,4-8H2,1-3H3. The molecule has 1 aliphatic rings. The molecule has 1 nitrogen and oxygen atoms in total. The Morgan fingerprint density at radius 2 is 2.18 bits per heavy atom. The minimum absolute atomic E-state index is 0.886. The van der Waals surface area contributed by atoms with Gasteiger partial charge in [0, 0.05) is 6.54 Å². The number of nitrogens with zero attached hydrogens (tertiary/aromatic N) is 1. The monoisotopic (exact) mass is 155 g/mol. The zero-order chi connectivity index (χ0) is 8.27. The third kappa shape index (κ3) is 2.82. The average molecular weight is 155 g/mol. The summed E-state index contributed by atoms with van der Waals surface area (Å²) in [7, 11) is 0. The average Bonchev–Trinajstić information content (AvgIpc) is 2.34. The van der Waals surface area contributed by atoms with E-state index >= 15 is 0 Å². The Balaban J connectivity index is 2.19. The maximum absolute atomic E-state index is 2.56. The molecule has 0 bridgehead atoms. The van der Waals surface area contributed by atoms with Crippen LogP contribution in [0, 0.1) is 11.8 Å². The van der Waals surface area contributed by atoms with Crippen LogP contribution in [0.1, 0.15) is 33.6 Å². The lowest BCUT2D eigenvalue weighted by Gasteiger charge is -2.14. The highest BCUT2D eigenvalue weighted by molar-refractivity contribution is 4.75. The van der Waals surface area contributed by atoms with Crippen molar-refractivity contribution >= 4 is 0 Å².